The highest BCUT2D eigenvalue weighted by molar-refractivity contribution is 6.15. The van der Waals surface area contributed by atoms with Gasteiger partial charge >= 0.3 is 0 Å². The highest BCUT2D eigenvalue weighted by Gasteiger charge is 2.28. The second kappa shape index (κ2) is 8.98. The number of Topliss-reactive ketones (excluding diaryl/α,β-unsaturated/α-hetero) is 1. The van der Waals surface area contributed by atoms with Crippen LogP contribution < -0.4 is 18.9 Å². The molecule has 1 aliphatic rings. The van der Waals surface area contributed by atoms with Crippen molar-refractivity contribution < 1.29 is 23.7 Å². The molecule has 1 aliphatic heterocycles. The Balaban J connectivity index is 1.40. The molecular formula is C28H25NO5. The van der Waals surface area contributed by atoms with Crippen LogP contribution in [-0.2, 0) is 13.2 Å². The van der Waals surface area contributed by atoms with Crippen LogP contribution in [0.15, 0.2) is 72.6 Å². The van der Waals surface area contributed by atoms with Crippen LogP contribution in [-0.4, -0.2) is 24.6 Å². The molecule has 2 heterocycles. The lowest BCUT2D eigenvalue weighted by Crippen LogP contribution is -1.98. The van der Waals surface area contributed by atoms with Crippen LogP contribution in [0, 0.1) is 0 Å². The number of carbonyl (C=O) groups is 1. The average Bonchev–Trinajstić information content (AvgIpc) is 3.39. The molecule has 0 amide bonds. The number of benzene rings is 3. The summed E-state index contributed by atoms with van der Waals surface area (Å²) in [6, 6.07) is 18.9. The smallest absolute Gasteiger partial charge is 0.231 e. The topological polar surface area (TPSA) is 58.9 Å². The van der Waals surface area contributed by atoms with Gasteiger partial charge in [-0.3, -0.25) is 4.79 Å². The highest BCUT2D eigenvalue weighted by Crippen LogP contribution is 2.36. The molecule has 6 heteroatoms. The van der Waals surface area contributed by atoms with E-state index in [1.165, 1.54) is 0 Å². The molecule has 1 aromatic heterocycles. The zero-order valence-corrected chi connectivity index (χ0v) is 19.3. The van der Waals surface area contributed by atoms with E-state index in [-0.39, 0.29) is 11.5 Å². The predicted molar refractivity (Wildman–Crippen MR) is 131 cm³/mol. The van der Waals surface area contributed by atoms with E-state index in [9.17, 15) is 4.79 Å². The van der Waals surface area contributed by atoms with E-state index >= 15 is 0 Å². The van der Waals surface area contributed by atoms with Crippen molar-refractivity contribution in [1.29, 1.82) is 0 Å². The zero-order valence-electron chi connectivity index (χ0n) is 19.3. The SMILES string of the molecule is CCn1cc(/C=C2/Oc3cc(OCc4cccc(OC)c4)ccc3C2=O)c2cc(OC)ccc21. The molecule has 0 radical (unpaired) electrons. The molecule has 0 aliphatic carbocycles. The summed E-state index contributed by atoms with van der Waals surface area (Å²) in [5.74, 6) is 2.81. The van der Waals surface area contributed by atoms with Gasteiger partial charge in [0.05, 0.1) is 19.8 Å². The summed E-state index contributed by atoms with van der Waals surface area (Å²) in [4.78, 5) is 13.0. The summed E-state index contributed by atoms with van der Waals surface area (Å²) >= 11 is 0. The van der Waals surface area contributed by atoms with E-state index in [0.29, 0.717) is 23.7 Å². The van der Waals surface area contributed by atoms with E-state index in [0.717, 1.165) is 40.1 Å². The van der Waals surface area contributed by atoms with Crippen molar-refractivity contribution in [2.45, 2.75) is 20.1 Å². The zero-order chi connectivity index (χ0) is 23.7. The Morgan fingerprint density at radius 2 is 1.74 bits per heavy atom. The van der Waals surface area contributed by atoms with E-state index in [4.69, 9.17) is 18.9 Å². The molecule has 0 unspecified atom stereocenters. The largest absolute Gasteiger partial charge is 0.497 e. The van der Waals surface area contributed by atoms with Crippen molar-refractivity contribution in [2.24, 2.45) is 0 Å². The number of allylic oxidation sites excluding steroid dienone is 1. The van der Waals surface area contributed by atoms with Gasteiger partial charge in [-0.15, -0.1) is 0 Å². The molecule has 3 aromatic carbocycles. The number of nitrogens with zero attached hydrogens (tertiary/aromatic N) is 1. The van der Waals surface area contributed by atoms with Gasteiger partial charge in [0.1, 0.15) is 29.6 Å². The Hall–Kier alpha value is -4.19. The minimum Gasteiger partial charge on any atom is -0.497 e. The third-order valence-corrected chi connectivity index (χ3v) is 5.93. The number of hydrogen-bond donors (Lipinski definition) is 0. The van der Waals surface area contributed by atoms with Gasteiger partial charge in [-0.1, -0.05) is 12.1 Å². The lowest BCUT2D eigenvalue weighted by Gasteiger charge is -2.08. The Morgan fingerprint density at radius 1 is 0.941 bits per heavy atom. The summed E-state index contributed by atoms with van der Waals surface area (Å²) in [5, 5.41) is 1.00. The number of methoxy groups -OCH3 is 2. The quantitative estimate of drug-likeness (QED) is 0.326. The first-order chi connectivity index (χ1) is 16.6. The second-order valence-corrected chi connectivity index (χ2v) is 7.99. The van der Waals surface area contributed by atoms with Gasteiger partial charge in [0.15, 0.2) is 5.76 Å². The van der Waals surface area contributed by atoms with E-state index < -0.39 is 0 Å². The molecule has 5 rings (SSSR count). The first-order valence-electron chi connectivity index (χ1n) is 11.1. The summed E-state index contributed by atoms with van der Waals surface area (Å²) in [6.45, 7) is 3.28. The molecule has 4 aromatic rings. The molecule has 0 bridgehead atoms. The van der Waals surface area contributed by atoms with Gasteiger partial charge in [0.25, 0.3) is 0 Å². The lowest BCUT2D eigenvalue weighted by atomic mass is 10.1. The van der Waals surface area contributed by atoms with Gasteiger partial charge in [-0.25, -0.2) is 0 Å². The molecule has 34 heavy (non-hydrogen) atoms. The van der Waals surface area contributed by atoms with E-state index in [2.05, 4.69) is 11.5 Å². The fourth-order valence-corrected chi connectivity index (χ4v) is 4.13. The first kappa shape index (κ1) is 21.6. The number of rotatable bonds is 7. The van der Waals surface area contributed by atoms with Crippen molar-refractivity contribution in [2.75, 3.05) is 14.2 Å². The molecule has 0 atom stereocenters. The highest BCUT2D eigenvalue weighted by atomic mass is 16.5. The summed E-state index contributed by atoms with van der Waals surface area (Å²) in [6.07, 6.45) is 3.83. The van der Waals surface area contributed by atoms with Crippen molar-refractivity contribution in [3.8, 4) is 23.0 Å². The monoisotopic (exact) mass is 455 g/mol. The van der Waals surface area contributed by atoms with Crippen LogP contribution in [0.5, 0.6) is 23.0 Å². The molecule has 0 saturated carbocycles. The molecule has 0 fully saturated rings. The van der Waals surface area contributed by atoms with Crippen LogP contribution in [0.2, 0.25) is 0 Å². The van der Waals surface area contributed by atoms with Crippen LogP contribution in [0.1, 0.15) is 28.4 Å². The molecule has 0 saturated heterocycles. The molecule has 172 valence electrons. The van der Waals surface area contributed by atoms with Gasteiger partial charge in [0, 0.05) is 35.3 Å². The second-order valence-electron chi connectivity index (χ2n) is 7.99. The van der Waals surface area contributed by atoms with Crippen molar-refractivity contribution in [3.05, 3.63) is 89.3 Å². The number of ether oxygens (including phenoxy) is 4. The number of aromatic nitrogens is 1. The minimum atomic E-state index is -0.144. The van der Waals surface area contributed by atoms with Gasteiger partial charge in [-0.05, 0) is 61.0 Å². The first-order valence-corrected chi connectivity index (χ1v) is 11.1. The molecule has 6 nitrogen and oxygen atoms in total. The Kier molecular flexibility index (Phi) is 5.72. The van der Waals surface area contributed by atoms with Crippen LogP contribution in [0.3, 0.4) is 0 Å². The number of hydrogen-bond acceptors (Lipinski definition) is 5. The Labute approximate surface area is 197 Å². The minimum absolute atomic E-state index is 0.144. The third kappa shape index (κ3) is 3.99. The maximum absolute atomic E-state index is 13.0. The summed E-state index contributed by atoms with van der Waals surface area (Å²) in [7, 11) is 3.28. The van der Waals surface area contributed by atoms with Crippen LogP contribution in [0.25, 0.3) is 17.0 Å². The summed E-state index contributed by atoms with van der Waals surface area (Å²) in [5.41, 5.74) is 3.49. The van der Waals surface area contributed by atoms with Crippen molar-refractivity contribution >= 4 is 22.8 Å². The molecule has 0 N–H and O–H groups in total. The normalized spacial score (nSPS) is 13.7. The summed E-state index contributed by atoms with van der Waals surface area (Å²) < 4.78 is 24.7. The number of aryl methyl sites for hydroxylation is 1. The van der Waals surface area contributed by atoms with Gasteiger partial charge in [-0.2, -0.15) is 0 Å². The fourth-order valence-electron chi connectivity index (χ4n) is 4.13. The molecule has 0 spiro atoms. The third-order valence-electron chi connectivity index (χ3n) is 5.93. The van der Waals surface area contributed by atoms with Crippen LogP contribution >= 0.6 is 0 Å². The Bertz CT molecular complexity index is 1420. The maximum atomic E-state index is 13.0. The number of fused-ring (bicyclic) bond motifs is 2. The number of carbonyl (C=O) groups excluding carboxylic acids is 1. The van der Waals surface area contributed by atoms with E-state index in [1.807, 2.05) is 48.7 Å². The van der Waals surface area contributed by atoms with Gasteiger partial charge < -0.3 is 23.5 Å². The van der Waals surface area contributed by atoms with Crippen LogP contribution in [0.4, 0.5) is 0 Å². The predicted octanol–water partition coefficient (Wildman–Crippen LogP) is 5.87. The standard InChI is InChI=1S/C28H25NO5/c1-4-29-16-19(24-14-21(32-3)9-11-25(24)29)13-27-28(30)23-10-8-22(15-26(23)34-27)33-17-18-6-5-7-20(12-18)31-2/h5-16H,4,17H2,1-3H3/b27-13+. The molecular weight excluding hydrogens is 430 g/mol. The number of ketones is 1. The fraction of sp³-hybridized carbons (Fsp3) is 0.179. The van der Waals surface area contributed by atoms with Crippen molar-refractivity contribution in [1.82, 2.24) is 4.57 Å². The van der Waals surface area contributed by atoms with E-state index in [1.54, 1.807) is 38.5 Å². The average molecular weight is 456 g/mol. The Morgan fingerprint density at radius 3 is 2.53 bits per heavy atom. The lowest BCUT2D eigenvalue weighted by molar-refractivity contribution is 0.101. The maximum Gasteiger partial charge on any atom is 0.231 e. The van der Waals surface area contributed by atoms with Gasteiger partial charge in [0.2, 0.25) is 5.78 Å². The van der Waals surface area contributed by atoms with Crippen molar-refractivity contribution in [3.63, 3.8) is 0 Å².